The lowest BCUT2D eigenvalue weighted by Gasteiger charge is -2.25. The summed E-state index contributed by atoms with van der Waals surface area (Å²) in [6, 6.07) is 7.88. The van der Waals surface area contributed by atoms with E-state index in [2.05, 4.69) is 10.6 Å². The van der Waals surface area contributed by atoms with Crippen LogP contribution in [-0.2, 0) is 15.1 Å². The van der Waals surface area contributed by atoms with E-state index >= 15 is 0 Å². The molecule has 3 rings (SSSR count). The lowest BCUT2D eigenvalue weighted by molar-refractivity contribution is -0.134. The van der Waals surface area contributed by atoms with E-state index < -0.39 is 35.7 Å². The predicted molar refractivity (Wildman–Crippen MR) is 108 cm³/mol. The van der Waals surface area contributed by atoms with Crippen molar-refractivity contribution >= 4 is 46.7 Å². The van der Waals surface area contributed by atoms with Crippen molar-refractivity contribution in [3.63, 3.8) is 0 Å². The first-order chi connectivity index (χ1) is 13.7. The Balaban J connectivity index is 1.82. The van der Waals surface area contributed by atoms with E-state index in [-0.39, 0.29) is 22.2 Å². The smallest absolute Gasteiger partial charge is 0.322 e. The molecule has 152 valence electrons. The van der Waals surface area contributed by atoms with Gasteiger partial charge in [-0.2, -0.15) is 0 Å². The number of carbonyl (C=O) groups excluding carboxylic acids is 3. The van der Waals surface area contributed by atoms with Gasteiger partial charge in [0.15, 0.2) is 0 Å². The number of hydrogen-bond acceptors (Lipinski definition) is 3. The fourth-order valence-electron chi connectivity index (χ4n) is 3.24. The molecule has 29 heavy (non-hydrogen) atoms. The molecule has 0 bridgehead atoms. The molecule has 0 aromatic heterocycles. The number of nitrogens with zero attached hydrogens (tertiary/aromatic N) is 1. The van der Waals surface area contributed by atoms with Crippen molar-refractivity contribution in [2.75, 3.05) is 11.9 Å². The van der Waals surface area contributed by atoms with Gasteiger partial charge in [0.25, 0.3) is 5.91 Å². The first kappa shape index (κ1) is 21.1. The molecule has 1 atom stereocenters. The van der Waals surface area contributed by atoms with Gasteiger partial charge in [0.05, 0.1) is 15.7 Å². The molecule has 2 N–H and O–H groups in total. The number of rotatable bonds is 5. The fraction of sp³-hybridized carbons (Fsp3) is 0.250. The molecule has 1 heterocycles. The molecule has 2 aromatic carbocycles. The zero-order valence-electron chi connectivity index (χ0n) is 15.7. The fourth-order valence-corrected chi connectivity index (χ4v) is 3.70. The van der Waals surface area contributed by atoms with Crippen LogP contribution in [0.3, 0.4) is 0 Å². The van der Waals surface area contributed by atoms with Crippen LogP contribution in [0.1, 0.15) is 24.5 Å². The van der Waals surface area contributed by atoms with E-state index in [4.69, 9.17) is 23.2 Å². The minimum absolute atomic E-state index is 0.214. The molecule has 0 spiro atoms. The summed E-state index contributed by atoms with van der Waals surface area (Å²) in [5, 5.41) is 5.70. The molecule has 4 amide bonds. The van der Waals surface area contributed by atoms with E-state index in [1.54, 1.807) is 26.0 Å². The predicted octanol–water partition coefficient (Wildman–Crippen LogP) is 4.24. The highest BCUT2D eigenvalue weighted by Crippen LogP contribution is 2.34. The Kier molecular flexibility index (Phi) is 5.82. The molecule has 9 heteroatoms. The standard InChI is InChI=1S/C20H18Cl2FN3O3/c1-3-20(12-5-7-13(23)8-6-12)18(28)26(19(29)25-20)10-15(27)24-17-14(21)9-4-11(2)16(17)22/h4-9H,3,10H2,1-2H3,(H,24,27)(H,25,29). The molecule has 1 fully saturated rings. The van der Waals surface area contributed by atoms with Gasteiger partial charge in [-0.25, -0.2) is 9.18 Å². The Morgan fingerprint density at radius 2 is 1.83 bits per heavy atom. The molecule has 1 aliphatic heterocycles. The van der Waals surface area contributed by atoms with Crippen molar-refractivity contribution < 1.29 is 18.8 Å². The Bertz CT molecular complexity index is 997. The number of hydrogen-bond donors (Lipinski definition) is 2. The third-order valence-corrected chi connectivity index (χ3v) is 5.70. The quantitative estimate of drug-likeness (QED) is 0.686. The van der Waals surface area contributed by atoms with Gasteiger partial charge in [0.2, 0.25) is 5.91 Å². The Morgan fingerprint density at radius 3 is 2.45 bits per heavy atom. The number of benzene rings is 2. The highest BCUT2D eigenvalue weighted by Gasteiger charge is 2.51. The van der Waals surface area contributed by atoms with E-state index in [0.29, 0.717) is 11.1 Å². The molecule has 0 radical (unpaired) electrons. The second-order valence-corrected chi connectivity index (χ2v) is 7.47. The summed E-state index contributed by atoms with van der Waals surface area (Å²) in [5.74, 6) is -1.68. The average molecular weight is 438 g/mol. The van der Waals surface area contributed by atoms with Crippen molar-refractivity contribution in [3.8, 4) is 0 Å². The van der Waals surface area contributed by atoms with Crippen LogP contribution in [0.25, 0.3) is 0 Å². The summed E-state index contributed by atoms with van der Waals surface area (Å²) >= 11 is 12.3. The van der Waals surface area contributed by atoms with Gasteiger partial charge in [-0.3, -0.25) is 14.5 Å². The normalized spacial score (nSPS) is 18.7. The van der Waals surface area contributed by atoms with Gasteiger partial charge in [-0.15, -0.1) is 0 Å². The summed E-state index contributed by atoms with van der Waals surface area (Å²) in [4.78, 5) is 38.8. The van der Waals surface area contributed by atoms with Crippen LogP contribution in [-0.4, -0.2) is 29.3 Å². The maximum atomic E-state index is 13.3. The van der Waals surface area contributed by atoms with Crippen LogP contribution in [0.5, 0.6) is 0 Å². The first-order valence-corrected chi connectivity index (χ1v) is 9.59. The van der Waals surface area contributed by atoms with Crippen LogP contribution >= 0.6 is 23.2 Å². The number of halogens is 3. The van der Waals surface area contributed by atoms with Crippen molar-refractivity contribution in [3.05, 3.63) is 63.4 Å². The molecule has 2 aromatic rings. The molecule has 1 aliphatic rings. The molecular formula is C20H18Cl2FN3O3. The number of amides is 4. The summed E-state index contributed by atoms with van der Waals surface area (Å²) < 4.78 is 13.3. The lowest BCUT2D eigenvalue weighted by Crippen LogP contribution is -2.44. The summed E-state index contributed by atoms with van der Waals surface area (Å²) in [5.41, 5.74) is 0.00438. The van der Waals surface area contributed by atoms with Gasteiger partial charge in [0, 0.05) is 0 Å². The summed E-state index contributed by atoms with van der Waals surface area (Å²) in [6.07, 6.45) is 0.233. The average Bonchev–Trinajstić information content (AvgIpc) is 2.94. The zero-order chi connectivity index (χ0) is 21.3. The highest BCUT2D eigenvalue weighted by atomic mass is 35.5. The van der Waals surface area contributed by atoms with Gasteiger partial charge >= 0.3 is 6.03 Å². The number of nitrogens with one attached hydrogen (secondary N) is 2. The Hall–Kier alpha value is -2.64. The molecule has 1 unspecified atom stereocenters. The Labute approximate surface area is 177 Å². The molecule has 0 aliphatic carbocycles. The maximum Gasteiger partial charge on any atom is 0.325 e. The minimum Gasteiger partial charge on any atom is -0.322 e. The number of aryl methyl sites for hydroxylation is 1. The third kappa shape index (κ3) is 3.80. The second-order valence-electron chi connectivity index (χ2n) is 6.69. The Morgan fingerprint density at radius 1 is 1.17 bits per heavy atom. The van der Waals surface area contributed by atoms with Gasteiger partial charge in [-0.05, 0) is 42.7 Å². The summed E-state index contributed by atoms with van der Waals surface area (Å²) in [6.45, 7) is 2.95. The number of imide groups is 1. The van der Waals surface area contributed by atoms with Crippen LogP contribution < -0.4 is 10.6 Å². The summed E-state index contributed by atoms with van der Waals surface area (Å²) in [7, 11) is 0. The third-order valence-electron chi connectivity index (χ3n) is 4.89. The molecular weight excluding hydrogens is 420 g/mol. The number of urea groups is 1. The van der Waals surface area contributed by atoms with Crippen molar-refractivity contribution in [1.29, 1.82) is 0 Å². The highest BCUT2D eigenvalue weighted by molar-refractivity contribution is 6.40. The van der Waals surface area contributed by atoms with Crippen LogP contribution in [0, 0.1) is 12.7 Å². The molecule has 0 saturated carbocycles. The van der Waals surface area contributed by atoms with Gasteiger partial charge in [0.1, 0.15) is 17.9 Å². The molecule has 1 saturated heterocycles. The van der Waals surface area contributed by atoms with Crippen molar-refractivity contribution in [1.82, 2.24) is 10.2 Å². The maximum absolute atomic E-state index is 13.3. The van der Waals surface area contributed by atoms with Crippen LogP contribution in [0.15, 0.2) is 36.4 Å². The number of carbonyl (C=O) groups is 3. The van der Waals surface area contributed by atoms with E-state index in [9.17, 15) is 18.8 Å². The molecule has 6 nitrogen and oxygen atoms in total. The van der Waals surface area contributed by atoms with Crippen molar-refractivity contribution in [2.45, 2.75) is 25.8 Å². The van der Waals surface area contributed by atoms with Gasteiger partial charge < -0.3 is 10.6 Å². The second kappa shape index (κ2) is 8.00. The SMILES string of the molecule is CCC1(c2ccc(F)cc2)NC(=O)N(CC(=O)Nc2c(Cl)ccc(C)c2Cl)C1=O. The van der Waals surface area contributed by atoms with Crippen molar-refractivity contribution in [2.24, 2.45) is 0 Å². The van der Waals surface area contributed by atoms with Gasteiger partial charge in [-0.1, -0.05) is 48.3 Å². The van der Waals surface area contributed by atoms with E-state index in [0.717, 1.165) is 4.90 Å². The van der Waals surface area contributed by atoms with E-state index in [1.807, 2.05) is 0 Å². The van der Waals surface area contributed by atoms with E-state index in [1.165, 1.54) is 24.3 Å². The van der Waals surface area contributed by atoms with Crippen LogP contribution in [0.2, 0.25) is 10.0 Å². The lowest BCUT2D eigenvalue weighted by atomic mass is 9.87. The monoisotopic (exact) mass is 437 g/mol. The topological polar surface area (TPSA) is 78.5 Å². The zero-order valence-corrected chi connectivity index (χ0v) is 17.2. The largest absolute Gasteiger partial charge is 0.325 e. The minimum atomic E-state index is -1.36. The van der Waals surface area contributed by atoms with Crippen LogP contribution in [0.4, 0.5) is 14.9 Å². The number of anilines is 1. The first-order valence-electron chi connectivity index (χ1n) is 8.84.